The second-order valence-corrected chi connectivity index (χ2v) is 6.71. The lowest BCUT2D eigenvalue weighted by Gasteiger charge is -2.29. The molecule has 5 nitrogen and oxygen atoms in total. The number of methoxy groups -OCH3 is 1. The van der Waals surface area contributed by atoms with Gasteiger partial charge in [-0.25, -0.2) is 4.79 Å². The molecule has 2 aliphatic rings. The Labute approximate surface area is 137 Å². The van der Waals surface area contributed by atoms with Crippen molar-refractivity contribution in [3.8, 4) is 11.5 Å². The lowest BCUT2D eigenvalue weighted by atomic mass is 9.88. The number of amides is 2. The number of urea groups is 1. The molecule has 1 saturated carbocycles. The monoisotopic (exact) mass is 318 g/mol. The number of ether oxygens (including phenoxy) is 2. The Morgan fingerprint density at radius 2 is 1.91 bits per heavy atom. The minimum Gasteiger partial charge on any atom is -0.493 e. The molecule has 23 heavy (non-hydrogen) atoms. The summed E-state index contributed by atoms with van der Waals surface area (Å²) in [6.45, 7) is 3.59. The van der Waals surface area contributed by atoms with Crippen LogP contribution in [-0.2, 0) is 0 Å². The molecule has 1 saturated heterocycles. The van der Waals surface area contributed by atoms with E-state index in [1.807, 2.05) is 6.07 Å². The molecule has 0 unspecified atom stereocenters. The number of carbonyl (C=O) groups excluding carboxylic acids is 1. The highest BCUT2D eigenvalue weighted by molar-refractivity contribution is 5.75. The molecule has 0 aromatic heterocycles. The third-order valence-electron chi connectivity index (χ3n) is 4.86. The molecular weight excluding hydrogens is 292 g/mol. The highest BCUT2D eigenvalue weighted by Crippen LogP contribution is 2.35. The van der Waals surface area contributed by atoms with Gasteiger partial charge in [0.1, 0.15) is 0 Å². The minimum atomic E-state index is -0.0950. The van der Waals surface area contributed by atoms with Crippen molar-refractivity contribution < 1.29 is 14.3 Å². The van der Waals surface area contributed by atoms with Crippen LogP contribution in [0.5, 0.6) is 11.5 Å². The molecule has 2 atom stereocenters. The molecule has 1 aliphatic carbocycles. The lowest BCUT2D eigenvalue weighted by Crippen LogP contribution is -2.47. The minimum absolute atomic E-state index is 0.0950. The van der Waals surface area contributed by atoms with Crippen LogP contribution in [0, 0.1) is 5.92 Å². The molecular formula is C18H26N2O3. The van der Waals surface area contributed by atoms with Crippen LogP contribution in [0.25, 0.3) is 0 Å². The summed E-state index contributed by atoms with van der Waals surface area (Å²) in [7, 11) is 1.67. The molecule has 2 fully saturated rings. The van der Waals surface area contributed by atoms with Crippen molar-refractivity contribution in [1.82, 2.24) is 10.6 Å². The molecule has 5 heteroatoms. The van der Waals surface area contributed by atoms with E-state index in [4.69, 9.17) is 9.47 Å². The first-order valence-electron chi connectivity index (χ1n) is 8.52. The van der Waals surface area contributed by atoms with Gasteiger partial charge in [-0.15, -0.1) is 0 Å². The molecule has 1 aromatic carbocycles. The van der Waals surface area contributed by atoms with Crippen LogP contribution in [0.4, 0.5) is 4.79 Å². The third-order valence-corrected chi connectivity index (χ3v) is 4.86. The molecule has 1 aliphatic heterocycles. The summed E-state index contributed by atoms with van der Waals surface area (Å²) in [4.78, 5) is 11.2. The number of hydrogen-bond donors (Lipinski definition) is 2. The Morgan fingerprint density at radius 3 is 2.61 bits per heavy atom. The van der Waals surface area contributed by atoms with E-state index in [0.717, 1.165) is 35.8 Å². The summed E-state index contributed by atoms with van der Waals surface area (Å²) in [5, 5.41) is 5.69. The maximum atomic E-state index is 11.2. The van der Waals surface area contributed by atoms with Crippen LogP contribution in [0.3, 0.4) is 0 Å². The van der Waals surface area contributed by atoms with Crippen LogP contribution in [0.1, 0.15) is 44.1 Å². The van der Waals surface area contributed by atoms with Crippen LogP contribution < -0.4 is 20.1 Å². The van der Waals surface area contributed by atoms with Crippen LogP contribution in [-0.4, -0.2) is 32.3 Å². The summed E-state index contributed by atoms with van der Waals surface area (Å²) in [5.74, 6) is 2.58. The van der Waals surface area contributed by atoms with Gasteiger partial charge in [-0.05, 0) is 42.9 Å². The van der Waals surface area contributed by atoms with Gasteiger partial charge in [0.05, 0.1) is 13.2 Å². The topological polar surface area (TPSA) is 59.6 Å². The number of nitrogens with one attached hydrogen (secondary N) is 2. The Kier molecular flexibility index (Phi) is 4.94. The van der Waals surface area contributed by atoms with Crippen molar-refractivity contribution in [2.75, 3.05) is 20.2 Å². The van der Waals surface area contributed by atoms with Gasteiger partial charge in [0, 0.05) is 19.0 Å². The molecule has 1 heterocycles. The molecule has 3 rings (SSSR count). The van der Waals surface area contributed by atoms with E-state index in [-0.39, 0.29) is 18.1 Å². The summed E-state index contributed by atoms with van der Waals surface area (Å²) in [6.07, 6.45) is 5.01. The molecule has 0 spiro atoms. The van der Waals surface area contributed by atoms with Gasteiger partial charge in [-0.1, -0.05) is 19.4 Å². The van der Waals surface area contributed by atoms with Crippen molar-refractivity contribution in [3.63, 3.8) is 0 Å². The van der Waals surface area contributed by atoms with Gasteiger partial charge in [-0.3, -0.25) is 0 Å². The van der Waals surface area contributed by atoms with E-state index >= 15 is 0 Å². The van der Waals surface area contributed by atoms with Crippen LogP contribution in [0.15, 0.2) is 18.2 Å². The molecule has 2 amide bonds. The zero-order chi connectivity index (χ0) is 16.2. The van der Waals surface area contributed by atoms with Crippen molar-refractivity contribution in [2.24, 2.45) is 5.92 Å². The number of carbonyl (C=O) groups is 1. The maximum absolute atomic E-state index is 11.2. The number of benzene rings is 1. The first kappa shape index (κ1) is 16.0. The Balaban J connectivity index is 1.74. The quantitative estimate of drug-likeness (QED) is 0.897. The average Bonchev–Trinajstić information content (AvgIpc) is 2.55. The third kappa shape index (κ3) is 3.89. The Bertz CT molecular complexity index is 551. The molecule has 0 bridgehead atoms. The molecule has 0 radical (unpaired) electrons. The van der Waals surface area contributed by atoms with Gasteiger partial charge < -0.3 is 20.1 Å². The van der Waals surface area contributed by atoms with Gasteiger partial charge in [0.2, 0.25) is 0 Å². The maximum Gasteiger partial charge on any atom is 0.314 e. The predicted molar refractivity (Wildman–Crippen MR) is 89.2 cm³/mol. The highest BCUT2D eigenvalue weighted by Gasteiger charge is 2.23. The molecule has 2 N–H and O–H groups in total. The van der Waals surface area contributed by atoms with Crippen molar-refractivity contribution >= 4 is 6.03 Å². The SMILES string of the molecule is COc1ccc(C2CNC(=O)NC2)cc1O[C@@H]1CCC[C@H](C)C1. The van der Waals surface area contributed by atoms with Gasteiger partial charge in [0.15, 0.2) is 11.5 Å². The summed E-state index contributed by atoms with van der Waals surface area (Å²) < 4.78 is 11.7. The van der Waals surface area contributed by atoms with Gasteiger partial charge in [-0.2, -0.15) is 0 Å². The van der Waals surface area contributed by atoms with Crippen LogP contribution in [0.2, 0.25) is 0 Å². The fourth-order valence-electron chi connectivity index (χ4n) is 3.51. The zero-order valence-electron chi connectivity index (χ0n) is 13.9. The van der Waals surface area contributed by atoms with Crippen LogP contribution >= 0.6 is 0 Å². The summed E-state index contributed by atoms with van der Waals surface area (Å²) >= 11 is 0. The average molecular weight is 318 g/mol. The smallest absolute Gasteiger partial charge is 0.314 e. The van der Waals surface area contributed by atoms with E-state index in [2.05, 4.69) is 29.7 Å². The second-order valence-electron chi connectivity index (χ2n) is 6.71. The fourth-order valence-corrected chi connectivity index (χ4v) is 3.51. The Morgan fingerprint density at radius 1 is 1.13 bits per heavy atom. The van der Waals surface area contributed by atoms with Crippen molar-refractivity contribution in [1.29, 1.82) is 0 Å². The van der Waals surface area contributed by atoms with Gasteiger partial charge in [0.25, 0.3) is 0 Å². The first-order chi connectivity index (χ1) is 11.2. The molecule has 1 aromatic rings. The Hall–Kier alpha value is -1.91. The summed E-state index contributed by atoms with van der Waals surface area (Å²) in [5.41, 5.74) is 1.16. The fraction of sp³-hybridized carbons (Fsp3) is 0.611. The number of rotatable bonds is 4. The standard InChI is InChI=1S/C18H26N2O3/c1-12-4-3-5-15(8-12)23-17-9-13(6-7-16(17)22-2)14-10-19-18(21)20-11-14/h6-7,9,12,14-15H,3-5,8,10-11H2,1-2H3,(H2,19,20,21)/t12-,15+/m0/s1. The van der Waals surface area contributed by atoms with Crippen molar-refractivity contribution in [2.45, 2.75) is 44.6 Å². The normalized spacial score (nSPS) is 25.4. The van der Waals surface area contributed by atoms with Crippen molar-refractivity contribution in [3.05, 3.63) is 23.8 Å². The van der Waals surface area contributed by atoms with Gasteiger partial charge >= 0.3 is 6.03 Å². The van der Waals surface area contributed by atoms with E-state index in [1.165, 1.54) is 12.8 Å². The van der Waals surface area contributed by atoms with E-state index in [0.29, 0.717) is 13.1 Å². The lowest BCUT2D eigenvalue weighted by molar-refractivity contribution is 0.125. The largest absolute Gasteiger partial charge is 0.493 e. The number of hydrogen-bond acceptors (Lipinski definition) is 3. The highest BCUT2D eigenvalue weighted by atomic mass is 16.5. The van der Waals surface area contributed by atoms with E-state index in [1.54, 1.807) is 7.11 Å². The zero-order valence-corrected chi connectivity index (χ0v) is 13.9. The van der Waals surface area contributed by atoms with E-state index in [9.17, 15) is 4.79 Å². The summed E-state index contributed by atoms with van der Waals surface area (Å²) in [6, 6.07) is 6.00. The first-order valence-corrected chi connectivity index (χ1v) is 8.52. The second kappa shape index (κ2) is 7.11. The van der Waals surface area contributed by atoms with E-state index < -0.39 is 0 Å². The molecule has 126 valence electrons. The predicted octanol–water partition coefficient (Wildman–Crippen LogP) is 3.05.